The molecule has 4 heteroatoms. The standard InChI is InChI=1S/C36H64O4/c1-3-5-7-13-19-28-24-26-36(25-18-12-11-17-23-32(36)35(39)40)33(30(28)21-15-8-6-4-2)27-29-20-14-9-10-16-22-31(29)34(37)38/h28-33H,3-27H2,1-2H3,(H,37,38)(H,39,40). The Hall–Kier alpha value is -1.06. The smallest absolute Gasteiger partial charge is 0.307 e. The zero-order valence-corrected chi connectivity index (χ0v) is 26.4. The summed E-state index contributed by atoms with van der Waals surface area (Å²) < 4.78 is 0. The Labute approximate surface area is 246 Å². The van der Waals surface area contributed by atoms with Crippen LogP contribution in [0.1, 0.15) is 174 Å². The van der Waals surface area contributed by atoms with Crippen LogP contribution in [-0.2, 0) is 9.59 Å². The van der Waals surface area contributed by atoms with Crippen molar-refractivity contribution in [2.75, 3.05) is 0 Å². The van der Waals surface area contributed by atoms with Crippen LogP contribution in [0.25, 0.3) is 0 Å². The molecule has 0 aromatic carbocycles. The lowest BCUT2D eigenvalue weighted by atomic mass is 9.48. The van der Waals surface area contributed by atoms with Gasteiger partial charge in [-0.05, 0) is 80.5 Å². The molecule has 3 saturated carbocycles. The molecular formula is C36H64O4. The minimum atomic E-state index is -0.597. The molecule has 0 radical (unpaired) electrons. The summed E-state index contributed by atoms with van der Waals surface area (Å²) in [5.74, 6) is 0.152. The van der Waals surface area contributed by atoms with E-state index in [1.165, 1.54) is 83.5 Å². The second-order valence-corrected chi connectivity index (χ2v) is 14.3. The third-order valence-electron chi connectivity index (χ3n) is 11.8. The number of carboxylic acids is 2. The highest BCUT2D eigenvalue weighted by atomic mass is 16.4. The predicted octanol–water partition coefficient (Wildman–Crippen LogP) is 10.7. The van der Waals surface area contributed by atoms with E-state index in [0.29, 0.717) is 17.8 Å². The van der Waals surface area contributed by atoms with Crippen molar-refractivity contribution < 1.29 is 19.8 Å². The third kappa shape index (κ3) is 9.22. The molecule has 40 heavy (non-hydrogen) atoms. The van der Waals surface area contributed by atoms with Gasteiger partial charge >= 0.3 is 11.9 Å². The SMILES string of the molecule is CCCCCCC1CCC2(CCCCCCC2C(=O)O)C(CC2CCCCCCC2C(=O)O)C1CCCCCC. The van der Waals surface area contributed by atoms with Crippen molar-refractivity contribution in [2.24, 2.45) is 40.9 Å². The van der Waals surface area contributed by atoms with Crippen LogP contribution in [0.5, 0.6) is 0 Å². The maximum absolute atomic E-state index is 13.0. The van der Waals surface area contributed by atoms with Gasteiger partial charge in [-0.1, -0.05) is 123 Å². The summed E-state index contributed by atoms with van der Waals surface area (Å²) >= 11 is 0. The normalized spacial score (nSPS) is 34.0. The van der Waals surface area contributed by atoms with Crippen LogP contribution in [0.3, 0.4) is 0 Å². The molecule has 3 aliphatic rings. The number of unbranched alkanes of at least 4 members (excludes halogenated alkanes) is 6. The van der Waals surface area contributed by atoms with Gasteiger partial charge in [0, 0.05) is 0 Å². The quantitative estimate of drug-likeness (QED) is 0.207. The van der Waals surface area contributed by atoms with Gasteiger partial charge in [0.1, 0.15) is 0 Å². The molecule has 0 aromatic heterocycles. The fraction of sp³-hybridized carbons (Fsp3) is 0.944. The van der Waals surface area contributed by atoms with Crippen LogP contribution in [0.4, 0.5) is 0 Å². The summed E-state index contributed by atoms with van der Waals surface area (Å²) in [5, 5.41) is 21.1. The number of hydrogen-bond donors (Lipinski definition) is 2. The van der Waals surface area contributed by atoms with Crippen LogP contribution in [0, 0.1) is 40.9 Å². The van der Waals surface area contributed by atoms with E-state index in [2.05, 4.69) is 13.8 Å². The Bertz CT molecular complexity index is 734. The fourth-order valence-electron chi connectivity index (χ4n) is 9.68. The summed E-state index contributed by atoms with van der Waals surface area (Å²) in [7, 11) is 0. The summed E-state index contributed by atoms with van der Waals surface area (Å²) in [5.41, 5.74) is -0.146. The van der Waals surface area contributed by atoms with Crippen molar-refractivity contribution in [3.63, 3.8) is 0 Å². The Balaban J connectivity index is 2.01. The van der Waals surface area contributed by atoms with Crippen LogP contribution in [-0.4, -0.2) is 22.2 Å². The van der Waals surface area contributed by atoms with Gasteiger partial charge in [-0.25, -0.2) is 0 Å². The summed E-state index contributed by atoms with van der Waals surface area (Å²) in [4.78, 5) is 25.7. The lowest BCUT2D eigenvalue weighted by Gasteiger charge is -2.56. The van der Waals surface area contributed by atoms with Crippen molar-refractivity contribution in [3.8, 4) is 0 Å². The van der Waals surface area contributed by atoms with E-state index < -0.39 is 11.9 Å². The molecule has 0 aliphatic heterocycles. The number of rotatable bonds is 14. The molecule has 0 heterocycles. The van der Waals surface area contributed by atoms with Crippen molar-refractivity contribution in [2.45, 2.75) is 174 Å². The molecule has 0 aromatic rings. The van der Waals surface area contributed by atoms with Crippen LogP contribution in [0.2, 0.25) is 0 Å². The minimum Gasteiger partial charge on any atom is -0.481 e. The van der Waals surface area contributed by atoms with Crippen LogP contribution in [0.15, 0.2) is 0 Å². The maximum atomic E-state index is 13.0. The molecule has 1 spiro atoms. The molecule has 3 rings (SSSR count). The minimum absolute atomic E-state index is 0.146. The van der Waals surface area contributed by atoms with Crippen LogP contribution >= 0.6 is 0 Å². The highest BCUT2D eigenvalue weighted by Gasteiger charge is 2.55. The lowest BCUT2D eigenvalue weighted by Crippen LogP contribution is -2.51. The Morgan fingerprint density at radius 2 is 1.25 bits per heavy atom. The van der Waals surface area contributed by atoms with Gasteiger partial charge in [0.15, 0.2) is 0 Å². The second kappa shape index (κ2) is 17.8. The first-order chi connectivity index (χ1) is 19.4. The monoisotopic (exact) mass is 560 g/mol. The zero-order chi connectivity index (χ0) is 28.8. The van der Waals surface area contributed by atoms with Crippen LogP contribution < -0.4 is 0 Å². The van der Waals surface area contributed by atoms with Gasteiger partial charge in [-0.3, -0.25) is 9.59 Å². The largest absolute Gasteiger partial charge is 0.481 e. The zero-order valence-electron chi connectivity index (χ0n) is 26.4. The van der Waals surface area contributed by atoms with E-state index in [9.17, 15) is 19.8 Å². The summed E-state index contributed by atoms with van der Waals surface area (Å²) in [6.45, 7) is 4.56. The maximum Gasteiger partial charge on any atom is 0.307 e. The first-order valence-electron chi connectivity index (χ1n) is 17.9. The molecule has 4 nitrogen and oxygen atoms in total. The molecule has 0 amide bonds. The fourth-order valence-corrected chi connectivity index (χ4v) is 9.68. The lowest BCUT2D eigenvalue weighted by molar-refractivity contribution is -0.159. The van der Waals surface area contributed by atoms with Gasteiger partial charge in [-0.15, -0.1) is 0 Å². The second-order valence-electron chi connectivity index (χ2n) is 14.3. The van der Waals surface area contributed by atoms with E-state index in [1.54, 1.807) is 0 Å². The Morgan fingerprint density at radius 3 is 1.90 bits per heavy atom. The molecular weight excluding hydrogens is 496 g/mol. The first-order valence-corrected chi connectivity index (χ1v) is 17.9. The molecule has 7 atom stereocenters. The van der Waals surface area contributed by atoms with Crippen molar-refractivity contribution in [1.29, 1.82) is 0 Å². The average Bonchev–Trinajstić information content (AvgIpc) is 2.89. The van der Waals surface area contributed by atoms with E-state index in [0.717, 1.165) is 77.0 Å². The topological polar surface area (TPSA) is 74.6 Å². The van der Waals surface area contributed by atoms with Crippen molar-refractivity contribution in [1.82, 2.24) is 0 Å². The van der Waals surface area contributed by atoms with Gasteiger partial charge in [0.05, 0.1) is 11.8 Å². The number of carbonyl (C=O) groups is 2. The summed E-state index contributed by atoms with van der Waals surface area (Å²) in [6, 6.07) is 0. The molecule has 2 N–H and O–H groups in total. The van der Waals surface area contributed by atoms with Gasteiger partial charge < -0.3 is 10.2 Å². The number of carboxylic acid groups (broad SMARTS) is 2. The van der Waals surface area contributed by atoms with E-state index in [1.807, 2.05) is 0 Å². The van der Waals surface area contributed by atoms with Gasteiger partial charge in [-0.2, -0.15) is 0 Å². The molecule has 232 valence electrons. The first kappa shape index (κ1) is 33.4. The highest BCUT2D eigenvalue weighted by molar-refractivity contribution is 5.71. The summed E-state index contributed by atoms with van der Waals surface area (Å²) in [6.07, 6.45) is 28.8. The Morgan fingerprint density at radius 1 is 0.625 bits per heavy atom. The predicted molar refractivity (Wildman–Crippen MR) is 165 cm³/mol. The highest BCUT2D eigenvalue weighted by Crippen LogP contribution is 2.60. The van der Waals surface area contributed by atoms with Gasteiger partial charge in [0.2, 0.25) is 0 Å². The third-order valence-corrected chi connectivity index (χ3v) is 11.8. The molecule has 3 fully saturated rings. The van der Waals surface area contributed by atoms with Crippen molar-refractivity contribution >= 4 is 11.9 Å². The molecule has 7 unspecified atom stereocenters. The molecule has 0 bridgehead atoms. The van der Waals surface area contributed by atoms with E-state index in [-0.39, 0.29) is 23.2 Å². The number of hydrogen-bond acceptors (Lipinski definition) is 2. The average molecular weight is 561 g/mol. The van der Waals surface area contributed by atoms with Crippen molar-refractivity contribution in [3.05, 3.63) is 0 Å². The van der Waals surface area contributed by atoms with E-state index >= 15 is 0 Å². The van der Waals surface area contributed by atoms with E-state index in [4.69, 9.17) is 0 Å². The van der Waals surface area contributed by atoms with Gasteiger partial charge in [0.25, 0.3) is 0 Å². The number of aliphatic carboxylic acids is 2. The molecule has 0 saturated heterocycles. The Kier molecular flexibility index (Phi) is 14.9. The molecule has 3 aliphatic carbocycles.